The lowest BCUT2D eigenvalue weighted by molar-refractivity contribution is -0.133. The summed E-state index contributed by atoms with van der Waals surface area (Å²) in [7, 11) is 0. The van der Waals surface area contributed by atoms with Crippen LogP contribution in [0.25, 0.3) is 0 Å². The van der Waals surface area contributed by atoms with Crippen LogP contribution in [0, 0.1) is 5.92 Å². The molecule has 1 saturated carbocycles. The summed E-state index contributed by atoms with van der Waals surface area (Å²) >= 11 is 1.25. The number of aliphatic carboxylic acids is 1. The fourth-order valence-corrected chi connectivity index (χ4v) is 3.41. The number of carbonyl (C=O) groups excluding carboxylic acids is 2. The quantitative estimate of drug-likeness (QED) is 0.617. The Labute approximate surface area is 151 Å². The van der Waals surface area contributed by atoms with Gasteiger partial charge in [0, 0.05) is 29.5 Å². The van der Waals surface area contributed by atoms with Crippen LogP contribution in [0.3, 0.4) is 0 Å². The molecule has 0 heterocycles. The van der Waals surface area contributed by atoms with E-state index in [0.29, 0.717) is 23.5 Å². The summed E-state index contributed by atoms with van der Waals surface area (Å²) in [6, 6.07) is 6.88. The SMILES string of the molecule is O=C(O)CSCCNC(=O)c1cccc(NC(=O)C2CCCCC2)c1. The average molecular weight is 364 g/mol. The molecule has 2 amide bonds. The molecule has 0 spiro atoms. The second-order valence-electron chi connectivity index (χ2n) is 6.11. The third-order valence-electron chi connectivity index (χ3n) is 4.13. The molecule has 7 heteroatoms. The summed E-state index contributed by atoms with van der Waals surface area (Å²) in [5.41, 5.74) is 1.10. The van der Waals surface area contributed by atoms with Gasteiger partial charge in [0.1, 0.15) is 0 Å². The maximum Gasteiger partial charge on any atom is 0.313 e. The number of thioether (sulfide) groups is 1. The lowest BCUT2D eigenvalue weighted by atomic mass is 9.88. The summed E-state index contributed by atoms with van der Waals surface area (Å²) in [6.07, 6.45) is 5.26. The molecule has 0 unspecified atom stereocenters. The summed E-state index contributed by atoms with van der Waals surface area (Å²) in [5, 5.41) is 14.2. The molecular formula is C18H24N2O4S. The van der Waals surface area contributed by atoms with Gasteiger partial charge in [-0.05, 0) is 31.0 Å². The van der Waals surface area contributed by atoms with E-state index in [4.69, 9.17) is 5.11 Å². The van der Waals surface area contributed by atoms with Crippen LogP contribution in [0.5, 0.6) is 0 Å². The van der Waals surface area contributed by atoms with E-state index in [1.54, 1.807) is 24.3 Å². The van der Waals surface area contributed by atoms with Gasteiger partial charge in [-0.3, -0.25) is 14.4 Å². The van der Waals surface area contributed by atoms with Gasteiger partial charge in [-0.15, -0.1) is 11.8 Å². The molecule has 1 aromatic rings. The van der Waals surface area contributed by atoms with E-state index in [1.807, 2.05) is 0 Å². The lowest BCUT2D eigenvalue weighted by Crippen LogP contribution is -2.27. The third kappa shape index (κ3) is 6.78. The second-order valence-corrected chi connectivity index (χ2v) is 7.21. The van der Waals surface area contributed by atoms with Crippen LogP contribution in [0.2, 0.25) is 0 Å². The van der Waals surface area contributed by atoms with E-state index in [0.717, 1.165) is 25.7 Å². The number of carboxylic acids is 1. The molecule has 0 radical (unpaired) electrons. The minimum atomic E-state index is -0.863. The van der Waals surface area contributed by atoms with Gasteiger partial charge in [-0.2, -0.15) is 0 Å². The van der Waals surface area contributed by atoms with Crippen molar-refractivity contribution in [2.24, 2.45) is 5.92 Å². The van der Waals surface area contributed by atoms with Crippen molar-refractivity contribution in [2.75, 3.05) is 23.4 Å². The Morgan fingerprint density at radius 2 is 1.92 bits per heavy atom. The zero-order valence-electron chi connectivity index (χ0n) is 14.1. The van der Waals surface area contributed by atoms with Gasteiger partial charge in [0.25, 0.3) is 5.91 Å². The van der Waals surface area contributed by atoms with Crippen molar-refractivity contribution in [1.82, 2.24) is 5.32 Å². The van der Waals surface area contributed by atoms with E-state index in [2.05, 4.69) is 10.6 Å². The van der Waals surface area contributed by atoms with Crippen molar-refractivity contribution in [2.45, 2.75) is 32.1 Å². The molecule has 6 nitrogen and oxygen atoms in total. The van der Waals surface area contributed by atoms with Crippen LogP contribution in [0.4, 0.5) is 5.69 Å². The fourth-order valence-electron chi connectivity index (χ4n) is 2.85. The van der Waals surface area contributed by atoms with Crippen molar-refractivity contribution in [3.05, 3.63) is 29.8 Å². The first kappa shape index (κ1) is 19.3. The predicted molar refractivity (Wildman–Crippen MR) is 98.9 cm³/mol. The Hall–Kier alpha value is -2.02. The summed E-state index contributed by atoms with van der Waals surface area (Å²) < 4.78 is 0. The van der Waals surface area contributed by atoms with Gasteiger partial charge in [0.05, 0.1) is 5.75 Å². The number of amides is 2. The monoisotopic (exact) mass is 364 g/mol. The molecule has 3 N–H and O–H groups in total. The number of hydrogen-bond acceptors (Lipinski definition) is 4. The standard InChI is InChI=1S/C18H24N2O4S/c21-16(22)12-25-10-9-19-17(23)14-7-4-8-15(11-14)20-18(24)13-5-2-1-3-6-13/h4,7-8,11,13H,1-3,5-6,9-10,12H2,(H,19,23)(H,20,24)(H,21,22). The first-order chi connectivity index (χ1) is 12.1. The molecule has 0 saturated heterocycles. The van der Waals surface area contributed by atoms with Crippen LogP contribution in [-0.2, 0) is 9.59 Å². The van der Waals surface area contributed by atoms with Gasteiger partial charge in [0.2, 0.25) is 5.91 Å². The maximum absolute atomic E-state index is 12.3. The Bertz CT molecular complexity index is 615. The first-order valence-corrected chi connectivity index (χ1v) is 9.70. The highest BCUT2D eigenvalue weighted by Crippen LogP contribution is 2.25. The molecule has 1 aromatic carbocycles. The fraction of sp³-hybridized carbons (Fsp3) is 0.500. The topological polar surface area (TPSA) is 95.5 Å². The van der Waals surface area contributed by atoms with Crippen molar-refractivity contribution >= 4 is 35.2 Å². The lowest BCUT2D eigenvalue weighted by Gasteiger charge is -2.20. The highest BCUT2D eigenvalue weighted by molar-refractivity contribution is 7.99. The van der Waals surface area contributed by atoms with E-state index < -0.39 is 5.97 Å². The Morgan fingerprint density at radius 3 is 2.64 bits per heavy atom. The molecule has 0 aromatic heterocycles. The van der Waals surface area contributed by atoms with Gasteiger partial charge in [0.15, 0.2) is 0 Å². The van der Waals surface area contributed by atoms with E-state index in [-0.39, 0.29) is 23.5 Å². The molecule has 25 heavy (non-hydrogen) atoms. The first-order valence-electron chi connectivity index (χ1n) is 8.55. The number of carboxylic acid groups (broad SMARTS) is 1. The zero-order chi connectivity index (χ0) is 18.1. The Kier molecular flexibility index (Phi) is 7.78. The van der Waals surface area contributed by atoms with E-state index in [9.17, 15) is 14.4 Å². The summed E-state index contributed by atoms with van der Waals surface area (Å²) in [4.78, 5) is 34.8. The number of nitrogens with one attached hydrogen (secondary N) is 2. The van der Waals surface area contributed by atoms with Crippen molar-refractivity contribution < 1.29 is 19.5 Å². The van der Waals surface area contributed by atoms with Gasteiger partial charge >= 0.3 is 5.97 Å². The van der Waals surface area contributed by atoms with Crippen LogP contribution >= 0.6 is 11.8 Å². The Balaban J connectivity index is 1.82. The second kappa shape index (κ2) is 10.1. The van der Waals surface area contributed by atoms with Crippen LogP contribution in [0.15, 0.2) is 24.3 Å². The minimum absolute atomic E-state index is 0.0263. The number of hydrogen-bond donors (Lipinski definition) is 3. The largest absolute Gasteiger partial charge is 0.481 e. The molecule has 1 aliphatic rings. The highest BCUT2D eigenvalue weighted by Gasteiger charge is 2.21. The van der Waals surface area contributed by atoms with Gasteiger partial charge in [-0.25, -0.2) is 0 Å². The highest BCUT2D eigenvalue weighted by atomic mass is 32.2. The molecule has 2 rings (SSSR count). The molecule has 0 aliphatic heterocycles. The average Bonchev–Trinajstić information content (AvgIpc) is 2.62. The van der Waals surface area contributed by atoms with Crippen molar-refractivity contribution in [3.8, 4) is 0 Å². The maximum atomic E-state index is 12.3. The molecule has 0 atom stereocenters. The van der Waals surface area contributed by atoms with Gasteiger partial charge < -0.3 is 15.7 Å². The number of anilines is 1. The predicted octanol–water partition coefficient (Wildman–Crippen LogP) is 2.75. The normalized spacial score (nSPS) is 14.7. The van der Waals surface area contributed by atoms with Crippen LogP contribution in [0.1, 0.15) is 42.5 Å². The van der Waals surface area contributed by atoms with Crippen molar-refractivity contribution in [3.63, 3.8) is 0 Å². The van der Waals surface area contributed by atoms with Crippen LogP contribution < -0.4 is 10.6 Å². The van der Waals surface area contributed by atoms with E-state index in [1.165, 1.54) is 18.2 Å². The number of benzene rings is 1. The van der Waals surface area contributed by atoms with Crippen molar-refractivity contribution in [1.29, 1.82) is 0 Å². The minimum Gasteiger partial charge on any atom is -0.481 e. The number of rotatable bonds is 8. The van der Waals surface area contributed by atoms with Gasteiger partial charge in [-0.1, -0.05) is 25.3 Å². The van der Waals surface area contributed by atoms with E-state index >= 15 is 0 Å². The smallest absolute Gasteiger partial charge is 0.313 e. The molecule has 1 aliphatic carbocycles. The molecule has 0 bridgehead atoms. The number of carbonyl (C=O) groups is 3. The van der Waals surface area contributed by atoms with Crippen LogP contribution in [-0.4, -0.2) is 40.9 Å². The summed E-state index contributed by atoms with van der Waals surface area (Å²) in [5.74, 6) is -0.434. The molecule has 1 fully saturated rings. The Morgan fingerprint density at radius 1 is 1.16 bits per heavy atom. The third-order valence-corrected chi connectivity index (χ3v) is 5.07. The molecule has 136 valence electrons. The molecular weight excluding hydrogens is 340 g/mol. The summed E-state index contributed by atoms with van der Waals surface area (Å²) in [6.45, 7) is 0.398. The zero-order valence-corrected chi connectivity index (χ0v) is 14.9.